The monoisotopic (exact) mass is 328 g/mol. The Bertz CT molecular complexity index is 696. The van der Waals surface area contributed by atoms with Crippen LogP contribution >= 0.6 is 0 Å². The Balaban J connectivity index is 1.58. The molecule has 2 aromatic rings. The Labute approximate surface area is 140 Å². The topological polar surface area (TPSA) is 63.7 Å². The van der Waals surface area contributed by atoms with Gasteiger partial charge in [0.15, 0.2) is 5.84 Å². The minimum Gasteiger partial charge on any atom is -0.389 e. The summed E-state index contributed by atoms with van der Waals surface area (Å²) < 4.78 is 13.1. The van der Waals surface area contributed by atoms with Crippen molar-refractivity contribution in [2.24, 2.45) is 10.9 Å². The van der Waals surface area contributed by atoms with Gasteiger partial charge in [0.1, 0.15) is 18.2 Å². The number of anilines is 1. The van der Waals surface area contributed by atoms with Gasteiger partial charge in [-0.1, -0.05) is 17.3 Å². The lowest BCUT2D eigenvalue weighted by Crippen LogP contribution is -2.30. The summed E-state index contributed by atoms with van der Waals surface area (Å²) in [7, 11) is 0. The molecule has 0 spiro atoms. The standard InChI is InChI=1S/C18H21FN4O/c19-16-6-4-5-14(11-16)13-24-22-18(20)15-7-8-17(21-12-15)23-9-2-1-3-10-23/h4-8,11-12H,1-3,9-10,13H2,(H2,20,22). The summed E-state index contributed by atoms with van der Waals surface area (Å²) in [5.41, 5.74) is 7.32. The van der Waals surface area contributed by atoms with Crippen LogP contribution in [0.2, 0.25) is 0 Å². The number of piperidine rings is 1. The molecule has 0 aliphatic carbocycles. The molecule has 2 heterocycles. The molecule has 2 N–H and O–H groups in total. The normalized spacial score (nSPS) is 15.4. The smallest absolute Gasteiger partial charge is 0.171 e. The lowest BCUT2D eigenvalue weighted by atomic mass is 10.1. The first kappa shape index (κ1) is 16.2. The summed E-state index contributed by atoms with van der Waals surface area (Å²) in [6, 6.07) is 10.0. The van der Waals surface area contributed by atoms with Gasteiger partial charge < -0.3 is 15.5 Å². The lowest BCUT2D eigenvalue weighted by molar-refractivity contribution is 0.130. The fraction of sp³-hybridized carbons (Fsp3) is 0.333. The summed E-state index contributed by atoms with van der Waals surface area (Å²) >= 11 is 0. The van der Waals surface area contributed by atoms with E-state index in [4.69, 9.17) is 10.6 Å². The van der Waals surface area contributed by atoms with E-state index in [9.17, 15) is 4.39 Å². The van der Waals surface area contributed by atoms with E-state index >= 15 is 0 Å². The summed E-state index contributed by atoms with van der Waals surface area (Å²) in [5, 5.41) is 3.88. The highest BCUT2D eigenvalue weighted by molar-refractivity contribution is 5.96. The number of hydrogen-bond donors (Lipinski definition) is 1. The molecule has 1 aliphatic heterocycles. The van der Waals surface area contributed by atoms with Crippen LogP contribution in [0.25, 0.3) is 0 Å². The summed E-state index contributed by atoms with van der Waals surface area (Å²) in [4.78, 5) is 11.9. The number of nitrogens with two attached hydrogens (primary N) is 1. The molecule has 1 aromatic carbocycles. The number of amidine groups is 1. The average molecular weight is 328 g/mol. The van der Waals surface area contributed by atoms with Crippen LogP contribution in [-0.2, 0) is 11.4 Å². The van der Waals surface area contributed by atoms with E-state index in [2.05, 4.69) is 15.0 Å². The average Bonchev–Trinajstić information content (AvgIpc) is 2.63. The number of halogens is 1. The second-order valence-electron chi connectivity index (χ2n) is 5.83. The molecule has 24 heavy (non-hydrogen) atoms. The van der Waals surface area contributed by atoms with Crippen LogP contribution in [0.1, 0.15) is 30.4 Å². The highest BCUT2D eigenvalue weighted by atomic mass is 19.1. The molecule has 5 nitrogen and oxygen atoms in total. The molecule has 0 saturated carbocycles. The minimum absolute atomic E-state index is 0.164. The van der Waals surface area contributed by atoms with Gasteiger partial charge >= 0.3 is 0 Å². The number of nitrogens with zero attached hydrogens (tertiary/aromatic N) is 3. The van der Waals surface area contributed by atoms with Crippen molar-refractivity contribution in [3.8, 4) is 0 Å². The molecule has 0 unspecified atom stereocenters. The Morgan fingerprint density at radius 2 is 2.04 bits per heavy atom. The zero-order valence-electron chi connectivity index (χ0n) is 13.5. The fourth-order valence-corrected chi connectivity index (χ4v) is 2.70. The van der Waals surface area contributed by atoms with E-state index < -0.39 is 0 Å². The van der Waals surface area contributed by atoms with Crippen molar-refractivity contribution in [3.63, 3.8) is 0 Å². The Morgan fingerprint density at radius 3 is 2.75 bits per heavy atom. The maximum Gasteiger partial charge on any atom is 0.171 e. The van der Waals surface area contributed by atoms with E-state index in [-0.39, 0.29) is 18.3 Å². The number of hydrogen-bond acceptors (Lipinski definition) is 4. The third-order valence-corrected chi connectivity index (χ3v) is 4.01. The van der Waals surface area contributed by atoms with Crippen molar-refractivity contribution in [2.45, 2.75) is 25.9 Å². The van der Waals surface area contributed by atoms with Crippen LogP contribution in [0.4, 0.5) is 10.2 Å². The van der Waals surface area contributed by atoms with E-state index in [0.717, 1.165) is 18.9 Å². The highest BCUT2D eigenvalue weighted by Gasteiger charge is 2.12. The largest absolute Gasteiger partial charge is 0.389 e. The van der Waals surface area contributed by atoms with Crippen LogP contribution in [0.3, 0.4) is 0 Å². The Morgan fingerprint density at radius 1 is 1.21 bits per heavy atom. The van der Waals surface area contributed by atoms with Gasteiger partial charge in [0.05, 0.1) is 0 Å². The predicted molar refractivity (Wildman–Crippen MR) is 92.2 cm³/mol. The van der Waals surface area contributed by atoms with Crippen molar-refractivity contribution >= 4 is 11.7 Å². The number of rotatable bonds is 5. The van der Waals surface area contributed by atoms with Gasteiger partial charge in [0.25, 0.3) is 0 Å². The van der Waals surface area contributed by atoms with Gasteiger partial charge in [0.2, 0.25) is 0 Å². The molecule has 0 radical (unpaired) electrons. The highest BCUT2D eigenvalue weighted by Crippen LogP contribution is 2.17. The lowest BCUT2D eigenvalue weighted by Gasteiger charge is -2.27. The molecular formula is C18H21FN4O. The van der Waals surface area contributed by atoms with Crippen LogP contribution < -0.4 is 10.6 Å². The molecule has 0 atom stereocenters. The molecule has 0 bridgehead atoms. The van der Waals surface area contributed by atoms with E-state index in [1.165, 1.54) is 31.4 Å². The quantitative estimate of drug-likeness (QED) is 0.520. The summed E-state index contributed by atoms with van der Waals surface area (Å²) in [5.74, 6) is 0.918. The van der Waals surface area contributed by atoms with Gasteiger partial charge in [0, 0.05) is 24.8 Å². The van der Waals surface area contributed by atoms with Crippen molar-refractivity contribution < 1.29 is 9.23 Å². The van der Waals surface area contributed by atoms with Gasteiger partial charge in [-0.2, -0.15) is 0 Å². The van der Waals surface area contributed by atoms with Crippen LogP contribution in [0.15, 0.2) is 47.8 Å². The van der Waals surface area contributed by atoms with Crippen LogP contribution in [-0.4, -0.2) is 23.9 Å². The van der Waals surface area contributed by atoms with E-state index in [1.54, 1.807) is 18.3 Å². The molecule has 1 aliphatic rings. The van der Waals surface area contributed by atoms with Crippen molar-refractivity contribution in [1.82, 2.24) is 4.98 Å². The third kappa shape index (κ3) is 4.22. The zero-order valence-corrected chi connectivity index (χ0v) is 13.5. The van der Waals surface area contributed by atoms with Crippen LogP contribution in [0.5, 0.6) is 0 Å². The first-order chi connectivity index (χ1) is 11.7. The SMILES string of the molecule is NC(=NOCc1cccc(F)c1)c1ccc(N2CCCCC2)nc1. The molecule has 0 amide bonds. The Hall–Kier alpha value is -2.63. The second kappa shape index (κ2) is 7.77. The zero-order chi connectivity index (χ0) is 16.8. The maximum atomic E-state index is 13.1. The van der Waals surface area contributed by atoms with E-state index in [1.807, 2.05) is 12.1 Å². The fourth-order valence-electron chi connectivity index (χ4n) is 2.70. The first-order valence-corrected chi connectivity index (χ1v) is 8.13. The van der Waals surface area contributed by atoms with Crippen molar-refractivity contribution in [2.75, 3.05) is 18.0 Å². The molecule has 6 heteroatoms. The number of pyridine rings is 1. The minimum atomic E-state index is -0.300. The summed E-state index contributed by atoms with van der Waals surface area (Å²) in [6.07, 6.45) is 5.41. The number of oxime groups is 1. The van der Waals surface area contributed by atoms with Crippen LogP contribution in [0, 0.1) is 5.82 Å². The molecule has 1 fully saturated rings. The number of benzene rings is 1. The predicted octanol–water partition coefficient (Wildman–Crippen LogP) is 3.05. The first-order valence-electron chi connectivity index (χ1n) is 8.13. The molecule has 1 aromatic heterocycles. The second-order valence-corrected chi connectivity index (χ2v) is 5.83. The maximum absolute atomic E-state index is 13.1. The van der Waals surface area contributed by atoms with Gasteiger partial charge in [-0.05, 0) is 49.1 Å². The molecule has 1 saturated heterocycles. The molecular weight excluding hydrogens is 307 g/mol. The van der Waals surface area contributed by atoms with E-state index in [0.29, 0.717) is 11.1 Å². The Kier molecular flexibility index (Phi) is 5.25. The third-order valence-electron chi connectivity index (χ3n) is 4.01. The summed E-state index contributed by atoms with van der Waals surface area (Å²) in [6.45, 7) is 2.26. The van der Waals surface area contributed by atoms with Gasteiger partial charge in [-0.25, -0.2) is 9.37 Å². The van der Waals surface area contributed by atoms with Gasteiger partial charge in [-0.3, -0.25) is 0 Å². The number of aromatic nitrogens is 1. The molecule has 3 rings (SSSR count). The molecule has 126 valence electrons. The van der Waals surface area contributed by atoms with Gasteiger partial charge in [-0.15, -0.1) is 0 Å². The van der Waals surface area contributed by atoms with Crippen molar-refractivity contribution in [1.29, 1.82) is 0 Å². The van der Waals surface area contributed by atoms with Crippen molar-refractivity contribution in [3.05, 3.63) is 59.5 Å².